The molecule has 0 spiro atoms. The van der Waals surface area contributed by atoms with Crippen LogP contribution in [0.4, 0.5) is 0 Å². The van der Waals surface area contributed by atoms with Gasteiger partial charge in [-0.15, -0.1) is 0 Å². The standard InChI is InChI=1S/C15H19ClN2O3S/c1-10(11-7-5-6-8-12(11)16)22(19,20)9-13-17-14(21-18-13)15(2,3)4/h5-8,10H,9H2,1-4H3/t10-/m1/s1. The minimum Gasteiger partial charge on any atom is -0.339 e. The van der Waals surface area contributed by atoms with Crippen LogP contribution in [0, 0.1) is 0 Å². The zero-order chi connectivity index (χ0) is 16.5. The van der Waals surface area contributed by atoms with Gasteiger partial charge >= 0.3 is 0 Å². The maximum atomic E-state index is 12.5. The van der Waals surface area contributed by atoms with Crippen molar-refractivity contribution in [3.05, 3.63) is 46.6 Å². The maximum absolute atomic E-state index is 12.5. The van der Waals surface area contributed by atoms with Gasteiger partial charge in [-0.25, -0.2) is 8.42 Å². The summed E-state index contributed by atoms with van der Waals surface area (Å²) in [5.41, 5.74) is 0.257. The van der Waals surface area contributed by atoms with E-state index >= 15 is 0 Å². The second-order valence-electron chi connectivity index (χ2n) is 6.24. The van der Waals surface area contributed by atoms with Crippen molar-refractivity contribution in [2.24, 2.45) is 0 Å². The lowest BCUT2D eigenvalue weighted by atomic mass is 9.97. The van der Waals surface area contributed by atoms with Crippen LogP contribution < -0.4 is 0 Å². The zero-order valence-corrected chi connectivity index (χ0v) is 14.6. The SMILES string of the molecule is C[C@H](c1ccccc1Cl)S(=O)(=O)Cc1noc(C(C)(C)C)n1. The lowest BCUT2D eigenvalue weighted by Crippen LogP contribution is -2.15. The molecule has 22 heavy (non-hydrogen) atoms. The Bertz CT molecular complexity index is 763. The third-order valence-corrected chi connectivity index (χ3v) is 5.66. The van der Waals surface area contributed by atoms with Crippen molar-refractivity contribution >= 4 is 21.4 Å². The lowest BCUT2D eigenvalue weighted by Gasteiger charge is -2.13. The summed E-state index contributed by atoms with van der Waals surface area (Å²) in [6.07, 6.45) is 0. The molecular weight excluding hydrogens is 324 g/mol. The fourth-order valence-corrected chi connectivity index (χ4v) is 3.60. The van der Waals surface area contributed by atoms with Gasteiger partial charge in [0, 0.05) is 10.4 Å². The molecule has 0 unspecified atom stereocenters. The molecule has 2 aromatic rings. The Morgan fingerprint density at radius 2 is 1.91 bits per heavy atom. The number of halogens is 1. The molecule has 0 aliphatic rings. The second kappa shape index (κ2) is 6.01. The summed E-state index contributed by atoms with van der Waals surface area (Å²) in [5, 5.41) is 3.46. The Hall–Kier alpha value is -1.40. The van der Waals surface area contributed by atoms with Crippen molar-refractivity contribution < 1.29 is 12.9 Å². The van der Waals surface area contributed by atoms with Crippen LogP contribution in [0.2, 0.25) is 5.02 Å². The smallest absolute Gasteiger partial charge is 0.232 e. The average Bonchev–Trinajstić information content (AvgIpc) is 2.86. The quantitative estimate of drug-likeness (QED) is 0.847. The number of nitrogens with zero attached hydrogens (tertiary/aromatic N) is 2. The third-order valence-electron chi connectivity index (χ3n) is 3.32. The van der Waals surface area contributed by atoms with E-state index in [0.717, 1.165) is 0 Å². The molecule has 0 aliphatic carbocycles. The van der Waals surface area contributed by atoms with E-state index in [1.165, 1.54) is 0 Å². The van der Waals surface area contributed by atoms with Gasteiger partial charge in [-0.3, -0.25) is 0 Å². The Kier molecular flexibility index (Phi) is 4.63. The molecule has 5 nitrogen and oxygen atoms in total. The molecular formula is C15H19ClN2O3S. The van der Waals surface area contributed by atoms with Gasteiger partial charge in [-0.1, -0.05) is 55.7 Å². The molecule has 0 N–H and O–H groups in total. The maximum Gasteiger partial charge on any atom is 0.232 e. The van der Waals surface area contributed by atoms with E-state index in [2.05, 4.69) is 10.1 Å². The van der Waals surface area contributed by atoms with Gasteiger partial charge in [0.1, 0.15) is 5.75 Å². The van der Waals surface area contributed by atoms with E-state index in [-0.39, 0.29) is 17.0 Å². The third kappa shape index (κ3) is 3.67. The van der Waals surface area contributed by atoms with Gasteiger partial charge in [0.25, 0.3) is 0 Å². The molecule has 1 atom stereocenters. The molecule has 7 heteroatoms. The van der Waals surface area contributed by atoms with Crippen LogP contribution in [0.1, 0.15) is 50.2 Å². The highest BCUT2D eigenvalue weighted by Gasteiger charge is 2.28. The van der Waals surface area contributed by atoms with Crippen LogP contribution in [0.5, 0.6) is 0 Å². The van der Waals surface area contributed by atoms with E-state index in [0.29, 0.717) is 16.5 Å². The largest absolute Gasteiger partial charge is 0.339 e. The first-order chi connectivity index (χ1) is 10.1. The average molecular weight is 343 g/mol. The Balaban J connectivity index is 2.25. The molecule has 2 rings (SSSR count). The van der Waals surface area contributed by atoms with Crippen molar-refractivity contribution in [1.29, 1.82) is 0 Å². The van der Waals surface area contributed by atoms with Crippen LogP contribution in [-0.4, -0.2) is 18.6 Å². The van der Waals surface area contributed by atoms with Crippen LogP contribution in [-0.2, 0) is 21.0 Å². The number of rotatable bonds is 4. The molecule has 0 saturated carbocycles. The van der Waals surface area contributed by atoms with Crippen LogP contribution in [0.25, 0.3) is 0 Å². The van der Waals surface area contributed by atoms with Gasteiger partial charge in [0.15, 0.2) is 15.7 Å². The minimum atomic E-state index is -3.49. The molecule has 0 amide bonds. The Labute approximate surface area is 135 Å². The monoisotopic (exact) mass is 342 g/mol. The molecule has 1 heterocycles. The minimum absolute atomic E-state index is 0.170. The molecule has 120 valence electrons. The highest BCUT2D eigenvalue weighted by atomic mass is 35.5. The number of aromatic nitrogens is 2. The number of sulfone groups is 1. The van der Waals surface area contributed by atoms with Crippen LogP contribution in [0.3, 0.4) is 0 Å². The molecule has 1 aromatic heterocycles. The first-order valence-electron chi connectivity index (χ1n) is 6.90. The normalized spacial score (nSPS) is 14.0. The van der Waals surface area contributed by atoms with Crippen molar-refractivity contribution in [2.75, 3.05) is 0 Å². The highest BCUT2D eigenvalue weighted by Crippen LogP contribution is 2.30. The summed E-state index contributed by atoms with van der Waals surface area (Å²) in [4.78, 5) is 4.18. The predicted molar refractivity (Wildman–Crippen MR) is 85.5 cm³/mol. The van der Waals surface area contributed by atoms with Gasteiger partial charge < -0.3 is 4.52 Å². The van der Waals surface area contributed by atoms with Gasteiger partial charge in [0.2, 0.25) is 5.89 Å². The highest BCUT2D eigenvalue weighted by molar-refractivity contribution is 7.90. The van der Waals surface area contributed by atoms with Crippen molar-refractivity contribution in [3.8, 4) is 0 Å². The molecule has 0 saturated heterocycles. The first kappa shape index (κ1) is 17.0. The molecule has 0 fully saturated rings. The lowest BCUT2D eigenvalue weighted by molar-refractivity contribution is 0.319. The summed E-state index contributed by atoms with van der Waals surface area (Å²) in [7, 11) is -3.49. The van der Waals surface area contributed by atoms with E-state index in [1.54, 1.807) is 31.2 Å². The number of hydrogen-bond acceptors (Lipinski definition) is 5. The zero-order valence-electron chi connectivity index (χ0n) is 13.0. The molecule has 0 bridgehead atoms. The summed E-state index contributed by atoms with van der Waals surface area (Å²) in [6, 6.07) is 6.91. The number of hydrogen-bond donors (Lipinski definition) is 0. The Morgan fingerprint density at radius 3 is 2.45 bits per heavy atom. The van der Waals surface area contributed by atoms with Crippen LogP contribution >= 0.6 is 11.6 Å². The molecule has 0 radical (unpaired) electrons. The van der Waals surface area contributed by atoms with Crippen molar-refractivity contribution in [1.82, 2.24) is 10.1 Å². The van der Waals surface area contributed by atoms with E-state index in [1.807, 2.05) is 20.8 Å². The van der Waals surface area contributed by atoms with E-state index in [4.69, 9.17) is 16.1 Å². The summed E-state index contributed by atoms with van der Waals surface area (Å²) < 4.78 is 30.2. The van der Waals surface area contributed by atoms with Crippen molar-refractivity contribution in [2.45, 2.75) is 44.1 Å². The second-order valence-corrected chi connectivity index (χ2v) is 8.97. The van der Waals surface area contributed by atoms with Gasteiger partial charge in [-0.2, -0.15) is 4.98 Å². The van der Waals surface area contributed by atoms with E-state index < -0.39 is 15.1 Å². The van der Waals surface area contributed by atoms with E-state index in [9.17, 15) is 8.42 Å². The predicted octanol–water partition coefficient (Wildman–Crippen LogP) is 3.70. The first-order valence-corrected chi connectivity index (χ1v) is 8.99. The Morgan fingerprint density at radius 1 is 1.27 bits per heavy atom. The molecule has 1 aromatic carbocycles. The fraction of sp³-hybridized carbons (Fsp3) is 0.467. The van der Waals surface area contributed by atoms with Crippen molar-refractivity contribution in [3.63, 3.8) is 0 Å². The number of benzene rings is 1. The topological polar surface area (TPSA) is 73.1 Å². The summed E-state index contributed by atoms with van der Waals surface area (Å²) in [6.45, 7) is 7.38. The van der Waals surface area contributed by atoms with Gasteiger partial charge in [0.05, 0.1) is 5.25 Å². The summed E-state index contributed by atoms with van der Waals surface area (Å²) in [5.74, 6) is 0.311. The molecule has 0 aliphatic heterocycles. The van der Waals surface area contributed by atoms with Crippen LogP contribution in [0.15, 0.2) is 28.8 Å². The fourth-order valence-electron chi connectivity index (χ4n) is 1.92. The summed E-state index contributed by atoms with van der Waals surface area (Å²) >= 11 is 6.08. The van der Waals surface area contributed by atoms with Gasteiger partial charge in [-0.05, 0) is 18.6 Å².